The van der Waals surface area contributed by atoms with Gasteiger partial charge in [-0.1, -0.05) is 55.8 Å². The van der Waals surface area contributed by atoms with E-state index in [1.165, 1.54) is 12.1 Å². The standard InChI is InChI=1S/C21H21N3O5S/c1-2-12-21(15-8-4-3-5-9-15)19(26)23(20(27)22-21)13-14-24-18(25)16-10-6-7-11-17(16)30(24,28)29/h3-11H,2,12-14H2,1H3,(H,22,27)/t21-/m0/s1. The Labute approximate surface area is 174 Å². The van der Waals surface area contributed by atoms with Crippen molar-refractivity contribution in [1.29, 1.82) is 0 Å². The molecule has 30 heavy (non-hydrogen) atoms. The highest BCUT2D eigenvalue weighted by Gasteiger charge is 2.52. The molecule has 0 aromatic heterocycles. The van der Waals surface area contributed by atoms with E-state index < -0.39 is 33.4 Å². The summed E-state index contributed by atoms with van der Waals surface area (Å²) in [6, 6.07) is 14.3. The van der Waals surface area contributed by atoms with Crippen LogP contribution >= 0.6 is 0 Å². The van der Waals surface area contributed by atoms with Crippen LogP contribution in [0.5, 0.6) is 0 Å². The molecule has 2 aromatic rings. The van der Waals surface area contributed by atoms with Gasteiger partial charge in [-0.25, -0.2) is 17.5 Å². The fraction of sp³-hybridized carbons (Fsp3) is 0.286. The molecule has 1 fully saturated rings. The Morgan fingerprint density at radius 3 is 2.27 bits per heavy atom. The molecule has 9 heteroatoms. The van der Waals surface area contributed by atoms with Crippen LogP contribution in [0.15, 0.2) is 59.5 Å². The zero-order valence-corrected chi connectivity index (χ0v) is 17.2. The lowest BCUT2D eigenvalue weighted by atomic mass is 9.85. The Hall–Kier alpha value is -3.20. The number of urea groups is 1. The molecule has 0 radical (unpaired) electrons. The molecule has 0 aliphatic carbocycles. The maximum Gasteiger partial charge on any atom is 0.325 e. The van der Waals surface area contributed by atoms with Crippen molar-refractivity contribution < 1.29 is 22.8 Å². The monoisotopic (exact) mass is 427 g/mol. The van der Waals surface area contributed by atoms with Crippen molar-refractivity contribution in [3.8, 4) is 0 Å². The van der Waals surface area contributed by atoms with Crippen molar-refractivity contribution in [3.05, 3.63) is 65.7 Å². The smallest absolute Gasteiger partial charge is 0.319 e. The third-order valence-electron chi connectivity index (χ3n) is 5.51. The predicted molar refractivity (Wildman–Crippen MR) is 108 cm³/mol. The van der Waals surface area contributed by atoms with Gasteiger partial charge in [0.1, 0.15) is 10.4 Å². The molecule has 156 valence electrons. The number of hydrogen-bond donors (Lipinski definition) is 1. The maximum absolute atomic E-state index is 13.3. The van der Waals surface area contributed by atoms with Gasteiger partial charge in [0.2, 0.25) is 0 Å². The van der Waals surface area contributed by atoms with E-state index in [-0.39, 0.29) is 23.5 Å². The fourth-order valence-corrected chi connectivity index (χ4v) is 5.64. The molecule has 8 nitrogen and oxygen atoms in total. The summed E-state index contributed by atoms with van der Waals surface area (Å²) in [7, 11) is -4.00. The van der Waals surface area contributed by atoms with Crippen molar-refractivity contribution in [2.24, 2.45) is 0 Å². The summed E-state index contributed by atoms with van der Waals surface area (Å²) in [4.78, 5) is 39.4. The van der Waals surface area contributed by atoms with Gasteiger partial charge in [-0.15, -0.1) is 0 Å². The minimum atomic E-state index is -4.00. The SMILES string of the molecule is CCC[C@@]1(c2ccccc2)NC(=O)N(CCN2C(=O)c3ccccc3S2(=O)=O)C1=O. The molecule has 4 rings (SSSR count). The van der Waals surface area contributed by atoms with E-state index in [9.17, 15) is 22.8 Å². The number of carbonyl (C=O) groups excluding carboxylic acids is 3. The van der Waals surface area contributed by atoms with Crippen LogP contribution in [-0.4, -0.2) is 48.6 Å². The average Bonchev–Trinajstić information content (AvgIpc) is 3.10. The van der Waals surface area contributed by atoms with Crippen LogP contribution in [-0.2, 0) is 20.4 Å². The van der Waals surface area contributed by atoms with Gasteiger partial charge in [0.05, 0.1) is 12.1 Å². The molecule has 1 saturated heterocycles. The minimum absolute atomic E-state index is 0.0585. The van der Waals surface area contributed by atoms with Crippen LogP contribution in [0.2, 0.25) is 0 Å². The Balaban J connectivity index is 1.59. The fourth-order valence-electron chi connectivity index (χ4n) is 4.08. The van der Waals surface area contributed by atoms with E-state index in [2.05, 4.69) is 5.32 Å². The van der Waals surface area contributed by atoms with Crippen LogP contribution in [0.1, 0.15) is 35.7 Å². The third-order valence-corrected chi connectivity index (χ3v) is 7.35. The number of carbonyl (C=O) groups is 3. The summed E-state index contributed by atoms with van der Waals surface area (Å²) in [6.45, 7) is 1.40. The molecule has 0 saturated carbocycles. The average molecular weight is 427 g/mol. The summed E-state index contributed by atoms with van der Waals surface area (Å²) >= 11 is 0. The van der Waals surface area contributed by atoms with Crippen molar-refractivity contribution in [1.82, 2.24) is 14.5 Å². The zero-order chi connectivity index (χ0) is 21.5. The van der Waals surface area contributed by atoms with Crippen molar-refractivity contribution >= 4 is 27.9 Å². The van der Waals surface area contributed by atoms with Crippen molar-refractivity contribution in [2.45, 2.75) is 30.2 Å². The normalized spacial score (nSPS) is 22.4. The topological polar surface area (TPSA) is 104 Å². The number of imide groups is 1. The maximum atomic E-state index is 13.3. The summed E-state index contributed by atoms with van der Waals surface area (Å²) in [6.07, 6.45) is 1.06. The second-order valence-corrected chi connectivity index (χ2v) is 9.12. The van der Waals surface area contributed by atoms with Gasteiger partial charge >= 0.3 is 6.03 Å². The largest absolute Gasteiger partial charge is 0.325 e. The second-order valence-electron chi connectivity index (χ2n) is 7.29. The molecule has 0 unspecified atom stereocenters. The quantitative estimate of drug-likeness (QED) is 0.711. The van der Waals surface area contributed by atoms with Gasteiger partial charge in [-0.3, -0.25) is 14.5 Å². The van der Waals surface area contributed by atoms with Gasteiger partial charge < -0.3 is 5.32 Å². The van der Waals surface area contributed by atoms with Crippen molar-refractivity contribution in [2.75, 3.05) is 13.1 Å². The van der Waals surface area contributed by atoms with Crippen LogP contribution in [0, 0.1) is 0 Å². The van der Waals surface area contributed by atoms with Crippen LogP contribution < -0.4 is 5.32 Å². The molecule has 1 N–H and O–H groups in total. The molecule has 0 spiro atoms. The number of nitrogens with one attached hydrogen (secondary N) is 1. The van der Waals surface area contributed by atoms with E-state index in [1.807, 2.05) is 13.0 Å². The second kappa shape index (κ2) is 7.24. The lowest BCUT2D eigenvalue weighted by Crippen LogP contribution is -2.45. The van der Waals surface area contributed by atoms with Gasteiger partial charge in [-0.05, 0) is 24.1 Å². The summed E-state index contributed by atoms with van der Waals surface area (Å²) in [5.74, 6) is -1.09. The summed E-state index contributed by atoms with van der Waals surface area (Å²) in [5.41, 5.74) is -0.423. The first-order valence-corrected chi connectivity index (χ1v) is 11.1. The Morgan fingerprint density at radius 1 is 0.933 bits per heavy atom. The van der Waals surface area contributed by atoms with E-state index in [4.69, 9.17) is 0 Å². The number of sulfonamides is 1. The van der Waals surface area contributed by atoms with E-state index in [0.717, 1.165) is 9.21 Å². The molecule has 1 atom stereocenters. The summed E-state index contributed by atoms with van der Waals surface area (Å²) in [5, 5.41) is 2.79. The molecule has 2 heterocycles. The molecule has 2 aromatic carbocycles. The predicted octanol–water partition coefficient (Wildman–Crippen LogP) is 2.08. The van der Waals surface area contributed by atoms with Gasteiger partial charge in [0, 0.05) is 6.54 Å². The number of benzene rings is 2. The third kappa shape index (κ3) is 2.88. The van der Waals surface area contributed by atoms with Crippen LogP contribution in [0.3, 0.4) is 0 Å². The molecular formula is C21H21N3O5S. The van der Waals surface area contributed by atoms with Crippen LogP contribution in [0.25, 0.3) is 0 Å². The first kappa shape index (κ1) is 20.1. The summed E-state index contributed by atoms with van der Waals surface area (Å²) < 4.78 is 26.2. The lowest BCUT2D eigenvalue weighted by molar-refractivity contribution is -0.132. The molecule has 4 amide bonds. The van der Waals surface area contributed by atoms with E-state index >= 15 is 0 Å². The highest BCUT2D eigenvalue weighted by molar-refractivity contribution is 7.90. The number of hydrogen-bond acceptors (Lipinski definition) is 5. The van der Waals surface area contributed by atoms with E-state index in [0.29, 0.717) is 18.4 Å². The minimum Gasteiger partial charge on any atom is -0.319 e. The molecular weight excluding hydrogens is 406 g/mol. The number of nitrogens with zero attached hydrogens (tertiary/aromatic N) is 2. The van der Waals surface area contributed by atoms with Gasteiger partial charge in [0.15, 0.2) is 0 Å². The highest BCUT2D eigenvalue weighted by Crippen LogP contribution is 2.34. The first-order valence-electron chi connectivity index (χ1n) is 9.68. The van der Waals surface area contributed by atoms with Gasteiger partial charge in [0.25, 0.3) is 21.8 Å². The van der Waals surface area contributed by atoms with Crippen LogP contribution in [0.4, 0.5) is 4.79 Å². The Bertz CT molecular complexity index is 1130. The number of fused-ring (bicyclic) bond motifs is 1. The first-order chi connectivity index (χ1) is 14.3. The Morgan fingerprint density at radius 2 is 1.60 bits per heavy atom. The van der Waals surface area contributed by atoms with Gasteiger partial charge in [-0.2, -0.15) is 0 Å². The zero-order valence-electron chi connectivity index (χ0n) is 16.4. The Kier molecular flexibility index (Phi) is 4.85. The highest BCUT2D eigenvalue weighted by atomic mass is 32.2. The molecule has 0 bridgehead atoms. The number of rotatable bonds is 6. The van der Waals surface area contributed by atoms with Crippen molar-refractivity contribution in [3.63, 3.8) is 0 Å². The number of amides is 4. The lowest BCUT2D eigenvalue weighted by Gasteiger charge is -2.27. The molecule has 2 aliphatic rings. The molecule has 2 aliphatic heterocycles. The van der Waals surface area contributed by atoms with E-state index in [1.54, 1.807) is 36.4 Å².